The number of carbonyl (C=O) groups is 7. The second-order valence-corrected chi connectivity index (χ2v) is 10.3. The van der Waals surface area contributed by atoms with Crippen molar-refractivity contribution in [3.05, 3.63) is 35.9 Å². The summed E-state index contributed by atoms with van der Waals surface area (Å²) in [5.41, 5.74) is 27.2. The summed E-state index contributed by atoms with van der Waals surface area (Å²) in [5, 5.41) is 28.3. The predicted octanol–water partition coefficient (Wildman–Crippen LogP) is -5.23. The molecule has 0 aliphatic rings. The van der Waals surface area contributed by atoms with E-state index in [4.69, 9.17) is 28.7 Å². The third-order valence-electron chi connectivity index (χ3n) is 6.37. The lowest BCUT2D eigenvalue weighted by Gasteiger charge is -2.26. The molecule has 0 fully saturated rings. The van der Waals surface area contributed by atoms with Crippen molar-refractivity contribution in [1.82, 2.24) is 21.3 Å². The van der Waals surface area contributed by atoms with Crippen LogP contribution in [0.15, 0.2) is 35.3 Å². The second kappa shape index (κ2) is 19.2. The normalized spacial score (nSPS) is 14.6. The Morgan fingerprint density at radius 3 is 1.65 bits per heavy atom. The molecule has 16 N–H and O–H groups in total. The summed E-state index contributed by atoms with van der Waals surface area (Å²) in [5.74, 6) is -7.69. The van der Waals surface area contributed by atoms with Crippen molar-refractivity contribution in [2.45, 2.75) is 75.3 Å². The zero-order chi connectivity index (χ0) is 35.0. The average Bonchev–Trinajstić information content (AvgIpc) is 2.96. The van der Waals surface area contributed by atoms with Crippen LogP contribution in [0.3, 0.4) is 0 Å². The molecule has 1 aromatic carbocycles. The van der Waals surface area contributed by atoms with Crippen LogP contribution in [0.2, 0.25) is 0 Å². The van der Waals surface area contributed by atoms with Gasteiger partial charge in [0.1, 0.15) is 30.2 Å². The van der Waals surface area contributed by atoms with Gasteiger partial charge >= 0.3 is 5.97 Å². The number of benzene rings is 1. The first-order chi connectivity index (χ1) is 21.5. The van der Waals surface area contributed by atoms with E-state index in [-0.39, 0.29) is 31.8 Å². The molecule has 0 radical (unpaired) electrons. The van der Waals surface area contributed by atoms with Gasteiger partial charge in [0.15, 0.2) is 5.96 Å². The Balaban J connectivity index is 3.26. The molecule has 0 heterocycles. The Labute approximate surface area is 264 Å². The maximum Gasteiger partial charge on any atom is 0.326 e. The Bertz CT molecular complexity index is 1270. The van der Waals surface area contributed by atoms with Crippen LogP contribution in [0.25, 0.3) is 0 Å². The van der Waals surface area contributed by atoms with Crippen molar-refractivity contribution in [2.24, 2.45) is 33.7 Å². The van der Waals surface area contributed by atoms with Gasteiger partial charge in [0.2, 0.25) is 35.4 Å². The van der Waals surface area contributed by atoms with Crippen LogP contribution >= 0.6 is 0 Å². The number of guanidine groups is 1. The molecule has 1 rings (SSSR count). The Morgan fingerprint density at radius 2 is 1.20 bits per heavy atom. The van der Waals surface area contributed by atoms with E-state index in [2.05, 4.69) is 26.3 Å². The largest absolute Gasteiger partial charge is 0.480 e. The van der Waals surface area contributed by atoms with E-state index in [9.17, 15) is 43.8 Å². The van der Waals surface area contributed by atoms with Crippen LogP contribution in [-0.2, 0) is 40.0 Å². The third kappa shape index (κ3) is 14.4. The molecular formula is C27H42N10O9. The number of aliphatic hydroxyl groups is 1. The third-order valence-corrected chi connectivity index (χ3v) is 6.37. The molecule has 1 aromatic rings. The van der Waals surface area contributed by atoms with Gasteiger partial charge in [-0.2, -0.15) is 0 Å². The summed E-state index contributed by atoms with van der Waals surface area (Å²) >= 11 is 0. The van der Waals surface area contributed by atoms with Crippen molar-refractivity contribution in [3.8, 4) is 0 Å². The number of nitrogens with zero attached hydrogens (tertiary/aromatic N) is 1. The highest BCUT2D eigenvalue weighted by atomic mass is 16.4. The van der Waals surface area contributed by atoms with E-state index in [1.807, 2.05) is 0 Å². The van der Waals surface area contributed by atoms with E-state index in [1.165, 1.54) is 6.92 Å². The summed E-state index contributed by atoms with van der Waals surface area (Å²) in [6.45, 7) is 1.31. The Morgan fingerprint density at radius 1 is 0.739 bits per heavy atom. The number of hydrogen-bond acceptors (Lipinski definition) is 10. The number of hydrogen-bond donors (Lipinski definition) is 11. The molecule has 46 heavy (non-hydrogen) atoms. The summed E-state index contributed by atoms with van der Waals surface area (Å²) in [4.78, 5) is 91.1. The van der Waals surface area contributed by atoms with E-state index >= 15 is 0 Å². The fourth-order valence-electron chi connectivity index (χ4n) is 3.94. The van der Waals surface area contributed by atoms with Gasteiger partial charge in [-0.25, -0.2) is 4.79 Å². The molecule has 254 valence electrons. The lowest BCUT2D eigenvalue weighted by molar-refractivity contribution is -0.142. The van der Waals surface area contributed by atoms with E-state index in [0.29, 0.717) is 5.56 Å². The zero-order valence-electron chi connectivity index (χ0n) is 25.2. The van der Waals surface area contributed by atoms with Crippen LogP contribution in [-0.4, -0.2) is 100 Å². The number of nitrogens with two attached hydrogens (primary N) is 5. The van der Waals surface area contributed by atoms with Gasteiger partial charge in [0, 0.05) is 13.0 Å². The minimum atomic E-state index is -1.66. The number of primary amides is 2. The van der Waals surface area contributed by atoms with Crippen molar-refractivity contribution in [3.63, 3.8) is 0 Å². The summed E-state index contributed by atoms with van der Waals surface area (Å²) in [6.07, 6.45) is -2.85. The maximum absolute atomic E-state index is 13.5. The molecule has 0 spiro atoms. The van der Waals surface area contributed by atoms with Gasteiger partial charge in [0.25, 0.3) is 0 Å². The number of rotatable bonds is 20. The minimum Gasteiger partial charge on any atom is -0.480 e. The van der Waals surface area contributed by atoms with Crippen molar-refractivity contribution >= 4 is 47.4 Å². The number of aliphatic imine (C=N–C) groups is 1. The molecule has 0 aliphatic heterocycles. The Hall–Kier alpha value is -5.30. The van der Waals surface area contributed by atoms with Crippen molar-refractivity contribution in [2.75, 3.05) is 6.54 Å². The smallest absolute Gasteiger partial charge is 0.326 e. The summed E-state index contributed by atoms with van der Waals surface area (Å²) < 4.78 is 0. The molecule has 0 saturated carbocycles. The molecular weight excluding hydrogens is 608 g/mol. The van der Waals surface area contributed by atoms with Gasteiger partial charge in [-0.15, -0.1) is 0 Å². The molecule has 6 amide bonds. The quantitative estimate of drug-likeness (QED) is 0.0358. The molecule has 19 heteroatoms. The minimum absolute atomic E-state index is 0.0759. The summed E-state index contributed by atoms with van der Waals surface area (Å²) in [7, 11) is 0. The van der Waals surface area contributed by atoms with Gasteiger partial charge in [-0.05, 0) is 25.3 Å². The maximum atomic E-state index is 13.5. The fraction of sp³-hybridized carbons (Fsp3) is 0.481. The first-order valence-corrected chi connectivity index (χ1v) is 14.1. The van der Waals surface area contributed by atoms with Crippen molar-refractivity contribution < 1.29 is 43.8 Å². The van der Waals surface area contributed by atoms with Gasteiger partial charge in [-0.1, -0.05) is 30.3 Å². The molecule has 19 nitrogen and oxygen atoms in total. The van der Waals surface area contributed by atoms with Gasteiger partial charge in [0.05, 0.1) is 18.9 Å². The number of aliphatic carboxylic acids is 1. The molecule has 6 unspecified atom stereocenters. The standard InChI is InChI=1S/C27H42N10O9/c1-13(38)21(30)25(44)37-18(12-20(29)40)24(43)35-16(10-14-6-3-2-4-7-14)22(41)36-17(11-19(28)39)23(42)34-15(26(45)46)8-5-9-33-27(31)32/h2-4,6-7,13,15-18,21,38H,5,8-12,30H2,1H3,(H2,28,39)(H2,29,40)(H,34,42)(H,35,43)(H,36,41)(H,37,44)(H,45,46)(H4,31,32,33). The topological polar surface area (TPSA) is 351 Å². The number of aliphatic hydroxyl groups excluding tert-OH is 1. The molecule has 0 bridgehead atoms. The molecule has 6 atom stereocenters. The SMILES string of the molecule is CC(O)C(N)C(=O)NC(CC(N)=O)C(=O)NC(Cc1ccccc1)C(=O)NC(CC(N)=O)C(=O)NC(CCCN=C(N)N)C(=O)O. The molecule has 0 aliphatic carbocycles. The predicted molar refractivity (Wildman–Crippen MR) is 163 cm³/mol. The van der Waals surface area contributed by atoms with Crippen LogP contribution in [0.5, 0.6) is 0 Å². The fourth-order valence-corrected chi connectivity index (χ4v) is 3.94. The number of carbonyl (C=O) groups excluding carboxylic acids is 6. The number of carboxylic acid groups (broad SMARTS) is 1. The second-order valence-electron chi connectivity index (χ2n) is 10.3. The van der Waals surface area contributed by atoms with Crippen LogP contribution < -0.4 is 49.9 Å². The number of carboxylic acids is 1. The average molecular weight is 651 g/mol. The lowest BCUT2D eigenvalue weighted by atomic mass is 10.0. The van der Waals surface area contributed by atoms with E-state index in [1.54, 1.807) is 30.3 Å². The highest BCUT2D eigenvalue weighted by molar-refractivity contribution is 5.98. The number of nitrogens with one attached hydrogen (secondary N) is 4. The van der Waals surface area contributed by atoms with E-state index < -0.39 is 90.6 Å². The van der Waals surface area contributed by atoms with E-state index in [0.717, 1.165) is 0 Å². The Kier molecular flexibility index (Phi) is 16.1. The van der Waals surface area contributed by atoms with Crippen LogP contribution in [0.1, 0.15) is 38.2 Å². The molecule has 0 aromatic heterocycles. The van der Waals surface area contributed by atoms with Crippen LogP contribution in [0, 0.1) is 0 Å². The first-order valence-electron chi connectivity index (χ1n) is 14.1. The highest BCUT2D eigenvalue weighted by Gasteiger charge is 2.33. The highest BCUT2D eigenvalue weighted by Crippen LogP contribution is 2.07. The molecule has 0 saturated heterocycles. The summed E-state index contributed by atoms with van der Waals surface area (Å²) in [6, 6.07) is 0.626. The number of amides is 6. The lowest BCUT2D eigenvalue weighted by Crippen LogP contribution is -2.60. The first kappa shape index (κ1) is 38.7. The zero-order valence-corrected chi connectivity index (χ0v) is 25.2. The van der Waals surface area contributed by atoms with Crippen LogP contribution in [0.4, 0.5) is 0 Å². The monoisotopic (exact) mass is 650 g/mol. The van der Waals surface area contributed by atoms with Gasteiger partial charge in [-0.3, -0.25) is 33.8 Å². The van der Waals surface area contributed by atoms with Gasteiger partial charge < -0.3 is 60.1 Å². The van der Waals surface area contributed by atoms with Crippen molar-refractivity contribution in [1.29, 1.82) is 0 Å².